The molecule has 17 heavy (non-hydrogen) atoms. The molecule has 5 N–H and O–H groups in total. The van der Waals surface area contributed by atoms with E-state index in [-0.39, 0.29) is 23.8 Å². The average molecular weight is 241 g/mol. The Hall–Kier alpha value is -1.10. The van der Waals surface area contributed by atoms with Gasteiger partial charge in [0.2, 0.25) is 11.8 Å². The standard InChI is InChI=1S/C12H23N3O2/c1-2-5-9(13)12(17)15-10-7-4-3-6-8(10)11(14)16/h8-10H,2-7,13H2,1H3,(H2,14,16)(H,15,17). The molecule has 2 amide bonds. The zero-order valence-corrected chi connectivity index (χ0v) is 10.4. The van der Waals surface area contributed by atoms with Crippen LogP contribution in [0, 0.1) is 5.92 Å². The molecule has 5 heteroatoms. The largest absolute Gasteiger partial charge is 0.369 e. The van der Waals surface area contributed by atoms with E-state index in [1.54, 1.807) is 0 Å². The molecule has 0 aromatic heterocycles. The van der Waals surface area contributed by atoms with Crippen molar-refractivity contribution in [1.82, 2.24) is 5.32 Å². The minimum Gasteiger partial charge on any atom is -0.369 e. The summed E-state index contributed by atoms with van der Waals surface area (Å²) in [4.78, 5) is 23.1. The summed E-state index contributed by atoms with van der Waals surface area (Å²) in [6.07, 6.45) is 5.15. The summed E-state index contributed by atoms with van der Waals surface area (Å²) in [5.74, 6) is -0.717. The third kappa shape index (κ3) is 4.00. The highest BCUT2D eigenvalue weighted by atomic mass is 16.2. The molecule has 0 aromatic rings. The number of nitrogens with two attached hydrogens (primary N) is 2. The minimum atomic E-state index is -0.476. The highest BCUT2D eigenvalue weighted by molar-refractivity contribution is 5.83. The first-order chi connectivity index (χ1) is 8.06. The van der Waals surface area contributed by atoms with E-state index >= 15 is 0 Å². The van der Waals surface area contributed by atoms with E-state index in [1.165, 1.54) is 0 Å². The molecule has 0 heterocycles. The number of carbonyl (C=O) groups is 2. The van der Waals surface area contributed by atoms with Gasteiger partial charge in [-0.05, 0) is 19.3 Å². The van der Waals surface area contributed by atoms with Gasteiger partial charge in [-0.1, -0.05) is 26.2 Å². The van der Waals surface area contributed by atoms with Crippen molar-refractivity contribution in [2.45, 2.75) is 57.5 Å². The third-order valence-electron chi connectivity index (χ3n) is 3.40. The number of hydrogen-bond donors (Lipinski definition) is 3. The van der Waals surface area contributed by atoms with E-state index in [0.717, 1.165) is 32.1 Å². The van der Waals surface area contributed by atoms with Crippen LogP contribution in [-0.2, 0) is 9.59 Å². The van der Waals surface area contributed by atoms with Crippen LogP contribution in [0.2, 0.25) is 0 Å². The lowest BCUT2D eigenvalue weighted by atomic mass is 9.84. The van der Waals surface area contributed by atoms with Gasteiger partial charge in [0.05, 0.1) is 12.0 Å². The average Bonchev–Trinajstić information content (AvgIpc) is 2.29. The van der Waals surface area contributed by atoms with Gasteiger partial charge in [0, 0.05) is 6.04 Å². The van der Waals surface area contributed by atoms with Crippen LogP contribution < -0.4 is 16.8 Å². The van der Waals surface area contributed by atoms with Gasteiger partial charge in [0.25, 0.3) is 0 Å². The number of primary amides is 1. The number of nitrogens with one attached hydrogen (secondary N) is 1. The Kier molecular flexibility index (Phi) is 5.41. The number of carbonyl (C=O) groups excluding carboxylic acids is 2. The van der Waals surface area contributed by atoms with Crippen LogP contribution in [0.25, 0.3) is 0 Å². The van der Waals surface area contributed by atoms with Crippen molar-refractivity contribution in [2.24, 2.45) is 17.4 Å². The summed E-state index contributed by atoms with van der Waals surface area (Å²) >= 11 is 0. The summed E-state index contributed by atoms with van der Waals surface area (Å²) in [6.45, 7) is 1.99. The smallest absolute Gasteiger partial charge is 0.237 e. The second-order valence-corrected chi connectivity index (χ2v) is 4.80. The molecule has 0 spiro atoms. The van der Waals surface area contributed by atoms with Crippen molar-refractivity contribution in [1.29, 1.82) is 0 Å². The van der Waals surface area contributed by atoms with Crippen LogP contribution in [0.3, 0.4) is 0 Å². The van der Waals surface area contributed by atoms with Gasteiger partial charge in [-0.2, -0.15) is 0 Å². The van der Waals surface area contributed by atoms with Crippen molar-refractivity contribution in [3.63, 3.8) is 0 Å². The molecule has 5 nitrogen and oxygen atoms in total. The van der Waals surface area contributed by atoms with Gasteiger partial charge in [-0.25, -0.2) is 0 Å². The molecule has 1 aliphatic carbocycles. The molecular formula is C12H23N3O2. The lowest BCUT2D eigenvalue weighted by molar-refractivity contribution is -0.126. The lowest BCUT2D eigenvalue weighted by Crippen LogP contribution is -2.51. The van der Waals surface area contributed by atoms with Crippen molar-refractivity contribution >= 4 is 11.8 Å². The molecule has 1 aliphatic rings. The van der Waals surface area contributed by atoms with Gasteiger partial charge in [-0.3, -0.25) is 9.59 Å². The van der Waals surface area contributed by atoms with Gasteiger partial charge < -0.3 is 16.8 Å². The Bertz CT molecular complexity index is 281. The van der Waals surface area contributed by atoms with Crippen LogP contribution in [0.4, 0.5) is 0 Å². The fraction of sp³-hybridized carbons (Fsp3) is 0.833. The van der Waals surface area contributed by atoms with Gasteiger partial charge >= 0.3 is 0 Å². The second kappa shape index (κ2) is 6.59. The quantitative estimate of drug-likeness (QED) is 0.644. The molecular weight excluding hydrogens is 218 g/mol. The van der Waals surface area contributed by atoms with E-state index in [4.69, 9.17) is 11.5 Å². The Morgan fingerprint density at radius 3 is 2.59 bits per heavy atom. The second-order valence-electron chi connectivity index (χ2n) is 4.80. The van der Waals surface area contributed by atoms with E-state index in [0.29, 0.717) is 6.42 Å². The highest BCUT2D eigenvalue weighted by Gasteiger charge is 2.31. The Morgan fingerprint density at radius 1 is 1.35 bits per heavy atom. The summed E-state index contributed by atoms with van der Waals surface area (Å²) in [5, 5.41) is 2.87. The minimum absolute atomic E-state index is 0.128. The number of hydrogen-bond acceptors (Lipinski definition) is 3. The fourth-order valence-electron chi connectivity index (χ4n) is 2.38. The summed E-state index contributed by atoms with van der Waals surface area (Å²) in [7, 11) is 0. The monoisotopic (exact) mass is 241 g/mol. The normalized spacial score (nSPS) is 26.2. The van der Waals surface area contributed by atoms with E-state index in [1.807, 2.05) is 6.92 Å². The van der Waals surface area contributed by atoms with E-state index < -0.39 is 6.04 Å². The van der Waals surface area contributed by atoms with E-state index in [2.05, 4.69) is 5.32 Å². The predicted molar refractivity (Wildman–Crippen MR) is 66.0 cm³/mol. The van der Waals surface area contributed by atoms with Crippen LogP contribution in [0.5, 0.6) is 0 Å². The molecule has 0 aliphatic heterocycles. The van der Waals surface area contributed by atoms with Crippen molar-refractivity contribution in [3.05, 3.63) is 0 Å². The Morgan fingerprint density at radius 2 is 2.00 bits per heavy atom. The molecule has 3 unspecified atom stereocenters. The number of rotatable bonds is 5. The zero-order chi connectivity index (χ0) is 12.8. The van der Waals surface area contributed by atoms with Crippen LogP contribution in [0.15, 0.2) is 0 Å². The van der Waals surface area contributed by atoms with Crippen molar-refractivity contribution < 1.29 is 9.59 Å². The molecule has 1 fully saturated rings. The van der Waals surface area contributed by atoms with Gasteiger partial charge in [-0.15, -0.1) is 0 Å². The van der Waals surface area contributed by atoms with Gasteiger partial charge in [0.15, 0.2) is 0 Å². The third-order valence-corrected chi connectivity index (χ3v) is 3.40. The summed E-state index contributed by atoms with van der Waals surface area (Å²) in [5.41, 5.74) is 11.1. The molecule has 0 aromatic carbocycles. The first kappa shape index (κ1) is 14.0. The maximum absolute atomic E-state index is 11.8. The van der Waals surface area contributed by atoms with Crippen molar-refractivity contribution in [2.75, 3.05) is 0 Å². The molecule has 98 valence electrons. The zero-order valence-electron chi connectivity index (χ0n) is 10.4. The molecule has 3 atom stereocenters. The number of amides is 2. The lowest BCUT2D eigenvalue weighted by Gasteiger charge is -2.30. The van der Waals surface area contributed by atoms with Gasteiger partial charge in [0.1, 0.15) is 0 Å². The SMILES string of the molecule is CCCC(N)C(=O)NC1CCCCC1C(N)=O. The first-order valence-corrected chi connectivity index (χ1v) is 6.41. The van der Waals surface area contributed by atoms with Crippen LogP contribution >= 0.6 is 0 Å². The van der Waals surface area contributed by atoms with Crippen LogP contribution in [0.1, 0.15) is 45.4 Å². The van der Waals surface area contributed by atoms with Crippen molar-refractivity contribution in [3.8, 4) is 0 Å². The molecule has 0 radical (unpaired) electrons. The Labute approximate surface area is 102 Å². The molecule has 0 saturated heterocycles. The highest BCUT2D eigenvalue weighted by Crippen LogP contribution is 2.24. The summed E-state index contributed by atoms with van der Waals surface area (Å²) in [6, 6.07) is -0.605. The predicted octanol–water partition coefficient (Wildman–Crippen LogP) is 0.274. The van der Waals surface area contributed by atoms with Crippen LogP contribution in [-0.4, -0.2) is 23.9 Å². The Balaban J connectivity index is 2.52. The molecule has 0 bridgehead atoms. The topological polar surface area (TPSA) is 98.2 Å². The maximum atomic E-state index is 11.8. The molecule has 1 saturated carbocycles. The molecule has 1 rings (SSSR count). The fourth-order valence-corrected chi connectivity index (χ4v) is 2.38. The first-order valence-electron chi connectivity index (χ1n) is 6.41. The maximum Gasteiger partial charge on any atom is 0.237 e. The summed E-state index contributed by atoms with van der Waals surface area (Å²) < 4.78 is 0. The van der Waals surface area contributed by atoms with E-state index in [9.17, 15) is 9.59 Å².